The van der Waals surface area contributed by atoms with Gasteiger partial charge >= 0.3 is 0 Å². The van der Waals surface area contributed by atoms with E-state index in [1.54, 1.807) is 16.6 Å². The second-order valence-corrected chi connectivity index (χ2v) is 5.77. The van der Waals surface area contributed by atoms with Crippen LogP contribution in [0.15, 0.2) is 66.7 Å². The third kappa shape index (κ3) is 3.23. The Labute approximate surface area is 148 Å². The number of hydrogen-bond donors (Lipinski definition) is 1. The van der Waals surface area contributed by atoms with Gasteiger partial charge in [0.1, 0.15) is 5.82 Å². The zero-order valence-electron chi connectivity index (χ0n) is 13.7. The SMILES string of the molecule is FC(F)c1ccc(CNc2ccc3nnc(-c4ccccc4)n3n2)cc1. The molecule has 0 saturated carbocycles. The average Bonchev–Trinajstić information content (AvgIpc) is 3.10. The van der Waals surface area contributed by atoms with Crippen molar-refractivity contribution in [3.05, 3.63) is 77.9 Å². The van der Waals surface area contributed by atoms with Crippen molar-refractivity contribution in [1.29, 1.82) is 0 Å². The van der Waals surface area contributed by atoms with Crippen LogP contribution < -0.4 is 5.32 Å². The fraction of sp³-hybridized carbons (Fsp3) is 0.105. The number of alkyl halides is 2. The van der Waals surface area contributed by atoms with Crippen LogP contribution in [-0.2, 0) is 6.54 Å². The number of nitrogens with zero attached hydrogens (tertiary/aromatic N) is 4. The molecule has 0 aliphatic rings. The highest BCUT2D eigenvalue weighted by atomic mass is 19.3. The smallest absolute Gasteiger partial charge is 0.263 e. The van der Waals surface area contributed by atoms with Gasteiger partial charge in [-0.15, -0.1) is 15.3 Å². The summed E-state index contributed by atoms with van der Waals surface area (Å²) in [5, 5.41) is 16.1. The predicted octanol–water partition coefficient (Wildman–Crippen LogP) is 4.34. The van der Waals surface area contributed by atoms with Gasteiger partial charge in [-0.25, -0.2) is 8.78 Å². The van der Waals surface area contributed by atoms with E-state index in [1.807, 2.05) is 42.5 Å². The molecule has 0 saturated heterocycles. The molecular formula is C19H15F2N5. The van der Waals surface area contributed by atoms with E-state index in [0.717, 1.165) is 11.1 Å². The molecular weight excluding hydrogens is 336 g/mol. The summed E-state index contributed by atoms with van der Waals surface area (Å²) in [4.78, 5) is 0. The lowest BCUT2D eigenvalue weighted by atomic mass is 10.1. The van der Waals surface area contributed by atoms with Gasteiger partial charge in [-0.2, -0.15) is 4.52 Å². The number of anilines is 1. The standard InChI is InChI=1S/C19H15F2N5/c20-18(21)14-8-6-13(7-9-14)12-22-16-10-11-17-23-24-19(26(17)25-16)15-4-2-1-3-5-15/h1-11,18H,12H2,(H,22,25). The molecule has 0 aliphatic heterocycles. The molecule has 7 heteroatoms. The van der Waals surface area contributed by atoms with Crippen molar-refractivity contribution in [3.63, 3.8) is 0 Å². The summed E-state index contributed by atoms with van der Waals surface area (Å²) in [6.45, 7) is 0.477. The summed E-state index contributed by atoms with van der Waals surface area (Å²) < 4.78 is 26.9. The molecule has 0 bridgehead atoms. The Bertz CT molecular complexity index is 1010. The molecule has 0 fully saturated rings. The Balaban J connectivity index is 1.55. The van der Waals surface area contributed by atoms with E-state index in [2.05, 4.69) is 20.6 Å². The van der Waals surface area contributed by atoms with Gasteiger partial charge in [-0.3, -0.25) is 0 Å². The van der Waals surface area contributed by atoms with Gasteiger partial charge < -0.3 is 5.32 Å². The van der Waals surface area contributed by atoms with Crippen LogP contribution in [-0.4, -0.2) is 19.8 Å². The lowest BCUT2D eigenvalue weighted by molar-refractivity contribution is 0.151. The molecule has 0 atom stereocenters. The Hall–Kier alpha value is -3.35. The second-order valence-electron chi connectivity index (χ2n) is 5.77. The molecule has 130 valence electrons. The minimum absolute atomic E-state index is 0.0188. The van der Waals surface area contributed by atoms with Crippen LogP contribution in [0.4, 0.5) is 14.6 Å². The van der Waals surface area contributed by atoms with E-state index in [1.165, 1.54) is 12.1 Å². The van der Waals surface area contributed by atoms with E-state index >= 15 is 0 Å². The van der Waals surface area contributed by atoms with Gasteiger partial charge in [0.25, 0.3) is 6.43 Å². The maximum atomic E-state index is 12.6. The molecule has 4 rings (SSSR count). The molecule has 2 aromatic carbocycles. The molecule has 2 aromatic heterocycles. The maximum absolute atomic E-state index is 12.6. The molecule has 0 radical (unpaired) electrons. The summed E-state index contributed by atoms with van der Waals surface area (Å²) in [5.74, 6) is 1.30. The van der Waals surface area contributed by atoms with Crippen molar-refractivity contribution in [1.82, 2.24) is 19.8 Å². The lowest BCUT2D eigenvalue weighted by Crippen LogP contribution is -2.05. The number of fused-ring (bicyclic) bond motifs is 1. The normalized spacial score (nSPS) is 11.2. The summed E-state index contributed by atoms with van der Waals surface area (Å²) in [6, 6.07) is 19.6. The molecule has 4 aromatic rings. The highest BCUT2D eigenvalue weighted by Gasteiger charge is 2.10. The summed E-state index contributed by atoms with van der Waals surface area (Å²) >= 11 is 0. The van der Waals surface area contributed by atoms with Crippen molar-refractivity contribution in [2.24, 2.45) is 0 Å². The van der Waals surface area contributed by atoms with Crippen molar-refractivity contribution >= 4 is 11.5 Å². The van der Waals surface area contributed by atoms with Gasteiger partial charge in [0.05, 0.1) is 0 Å². The van der Waals surface area contributed by atoms with Gasteiger partial charge in [-0.05, 0) is 17.7 Å². The lowest BCUT2D eigenvalue weighted by Gasteiger charge is -2.07. The first kappa shape index (κ1) is 16.1. The van der Waals surface area contributed by atoms with Gasteiger partial charge in [-0.1, -0.05) is 54.6 Å². The van der Waals surface area contributed by atoms with Crippen LogP contribution in [0, 0.1) is 0 Å². The largest absolute Gasteiger partial charge is 0.365 e. The van der Waals surface area contributed by atoms with Crippen LogP contribution in [0.3, 0.4) is 0 Å². The summed E-state index contributed by atoms with van der Waals surface area (Å²) in [6.07, 6.45) is -2.45. The van der Waals surface area contributed by atoms with Crippen molar-refractivity contribution in [3.8, 4) is 11.4 Å². The van der Waals surface area contributed by atoms with Crippen LogP contribution in [0.2, 0.25) is 0 Å². The Morgan fingerprint density at radius 2 is 1.65 bits per heavy atom. The fourth-order valence-corrected chi connectivity index (χ4v) is 2.62. The molecule has 0 aliphatic carbocycles. The molecule has 0 unspecified atom stereocenters. The predicted molar refractivity (Wildman–Crippen MR) is 94.9 cm³/mol. The summed E-state index contributed by atoms with van der Waals surface area (Å²) in [5.41, 5.74) is 2.48. The number of rotatable bonds is 5. The van der Waals surface area contributed by atoms with E-state index in [0.29, 0.717) is 23.8 Å². The number of aromatic nitrogens is 4. The molecule has 5 nitrogen and oxygen atoms in total. The third-order valence-electron chi connectivity index (χ3n) is 4.00. The van der Waals surface area contributed by atoms with E-state index in [-0.39, 0.29) is 5.56 Å². The molecule has 0 spiro atoms. The van der Waals surface area contributed by atoms with Gasteiger partial charge in [0.2, 0.25) is 0 Å². The quantitative estimate of drug-likeness (QED) is 0.581. The van der Waals surface area contributed by atoms with E-state index < -0.39 is 6.43 Å². The first-order chi connectivity index (χ1) is 12.7. The zero-order chi connectivity index (χ0) is 17.9. The Kier molecular flexibility index (Phi) is 4.27. The third-order valence-corrected chi connectivity index (χ3v) is 4.00. The number of halogens is 2. The van der Waals surface area contributed by atoms with Gasteiger partial charge in [0, 0.05) is 17.7 Å². The minimum atomic E-state index is -2.45. The van der Waals surface area contributed by atoms with E-state index in [9.17, 15) is 8.78 Å². The van der Waals surface area contributed by atoms with Crippen LogP contribution in [0.25, 0.3) is 17.0 Å². The number of benzene rings is 2. The topological polar surface area (TPSA) is 55.1 Å². The van der Waals surface area contributed by atoms with Crippen molar-refractivity contribution < 1.29 is 8.78 Å². The zero-order valence-corrected chi connectivity index (χ0v) is 13.7. The molecule has 2 heterocycles. The Morgan fingerprint density at radius 1 is 0.885 bits per heavy atom. The van der Waals surface area contributed by atoms with Crippen LogP contribution >= 0.6 is 0 Å². The average molecular weight is 351 g/mol. The molecule has 26 heavy (non-hydrogen) atoms. The van der Waals surface area contributed by atoms with Crippen LogP contribution in [0.1, 0.15) is 17.6 Å². The first-order valence-corrected chi connectivity index (χ1v) is 8.09. The second kappa shape index (κ2) is 6.87. The van der Waals surface area contributed by atoms with E-state index in [4.69, 9.17) is 0 Å². The Morgan fingerprint density at radius 3 is 2.38 bits per heavy atom. The highest BCUT2D eigenvalue weighted by Crippen LogP contribution is 2.20. The summed E-state index contributed by atoms with van der Waals surface area (Å²) in [7, 11) is 0. The molecule has 1 N–H and O–H groups in total. The monoisotopic (exact) mass is 351 g/mol. The fourth-order valence-electron chi connectivity index (χ4n) is 2.62. The maximum Gasteiger partial charge on any atom is 0.263 e. The van der Waals surface area contributed by atoms with Gasteiger partial charge in [0.15, 0.2) is 11.5 Å². The minimum Gasteiger partial charge on any atom is -0.365 e. The number of nitrogens with one attached hydrogen (secondary N) is 1. The van der Waals surface area contributed by atoms with Crippen molar-refractivity contribution in [2.45, 2.75) is 13.0 Å². The van der Waals surface area contributed by atoms with Crippen LogP contribution in [0.5, 0.6) is 0 Å². The van der Waals surface area contributed by atoms with Crippen molar-refractivity contribution in [2.75, 3.05) is 5.32 Å². The number of hydrogen-bond acceptors (Lipinski definition) is 4. The first-order valence-electron chi connectivity index (χ1n) is 8.09. The highest BCUT2D eigenvalue weighted by molar-refractivity contribution is 5.59. The molecule has 0 amide bonds.